The monoisotopic (exact) mass is 1350 g/mol. The van der Waals surface area contributed by atoms with Gasteiger partial charge < -0.3 is 55.6 Å². The Labute approximate surface area is 559 Å². The van der Waals surface area contributed by atoms with E-state index in [1.165, 1.54) is 69.4 Å². The Morgan fingerprint density at radius 2 is 1.23 bits per heavy atom. The van der Waals surface area contributed by atoms with Crippen LogP contribution in [0.4, 0.5) is 13.2 Å². The van der Waals surface area contributed by atoms with Gasteiger partial charge in [-0.1, -0.05) is 91.9 Å². The topological polar surface area (TPSA) is 259 Å². The molecule has 26 heteroatoms. The molecule has 4 aliphatic carbocycles. The number of amides is 11. The van der Waals surface area contributed by atoms with Gasteiger partial charge in [0.25, 0.3) is 0 Å². The molecule has 4 N–H and O–H groups in total. The van der Waals surface area contributed by atoms with Crippen molar-refractivity contribution in [3.8, 4) is 0 Å². The van der Waals surface area contributed by atoms with Gasteiger partial charge in [0.15, 0.2) is 0 Å². The number of alkyl halides is 4. The van der Waals surface area contributed by atoms with Crippen molar-refractivity contribution in [3.05, 3.63) is 0 Å². The zero-order valence-electron chi connectivity index (χ0n) is 57.7. The van der Waals surface area contributed by atoms with Crippen molar-refractivity contribution >= 4 is 76.6 Å². The summed E-state index contributed by atoms with van der Waals surface area (Å²) in [7, 11) is 7.46. The van der Waals surface area contributed by atoms with Crippen molar-refractivity contribution in [2.75, 3.05) is 54.9 Å². The number of rotatable bonds is 10. The Morgan fingerprint density at radius 3 is 1.83 bits per heavy atom. The molecular formula is C68H109ClF3N11O11. The summed E-state index contributed by atoms with van der Waals surface area (Å²) in [6, 6.07) is -9.67. The van der Waals surface area contributed by atoms with E-state index in [1.54, 1.807) is 20.9 Å². The summed E-state index contributed by atoms with van der Waals surface area (Å²) < 4.78 is 42.0. The first-order valence-electron chi connectivity index (χ1n) is 35.2. The third-order valence-electron chi connectivity index (χ3n) is 22.3. The number of nitrogens with zero attached hydrogens (tertiary/aromatic N) is 7. The molecule has 0 bridgehead atoms. The van der Waals surface area contributed by atoms with Crippen molar-refractivity contribution < 1.29 is 65.9 Å². The van der Waals surface area contributed by atoms with E-state index >= 15 is 14.4 Å². The Kier molecular flexibility index (Phi) is 26.5. The molecule has 7 aliphatic rings. The largest absolute Gasteiger partial charge is 0.393 e. The van der Waals surface area contributed by atoms with Crippen LogP contribution in [0, 0.1) is 35.5 Å². The smallest absolute Gasteiger partial charge is 0.351 e. The van der Waals surface area contributed by atoms with Crippen LogP contribution in [0.1, 0.15) is 202 Å². The van der Waals surface area contributed by atoms with E-state index in [9.17, 15) is 51.5 Å². The van der Waals surface area contributed by atoms with Crippen LogP contribution in [0.15, 0.2) is 0 Å². The average Bonchev–Trinajstić information content (AvgIpc) is 1.38. The summed E-state index contributed by atoms with van der Waals surface area (Å²) >= 11 is 6.40. The second-order valence-electron chi connectivity index (χ2n) is 29.4. The highest BCUT2D eigenvalue weighted by Gasteiger charge is 2.52. The third-order valence-corrected chi connectivity index (χ3v) is 22.7. The van der Waals surface area contributed by atoms with Gasteiger partial charge in [-0.2, -0.15) is 13.2 Å². The van der Waals surface area contributed by atoms with Crippen LogP contribution in [-0.4, -0.2) is 226 Å². The number of hydrogen-bond acceptors (Lipinski definition) is 11. The summed E-state index contributed by atoms with van der Waals surface area (Å²) in [6.07, 6.45) is 6.28. The second-order valence-corrected chi connectivity index (χ2v) is 30.0. The number of carbonyl (C=O) groups is 11. The van der Waals surface area contributed by atoms with Crippen LogP contribution in [0.3, 0.4) is 0 Å². The molecule has 7 fully saturated rings. The van der Waals surface area contributed by atoms with E-state index in [1.807, 2.05) is 20.8 Å². The standard InChI is InChI=1S/C68H109ClF3N11O11/c1-12-41(4)56-65(93)77(7)39-55(85)82-34-30-51(82)63(91)80(10)53(38-44-21-14-13-15-22-44)64(92)78(8)43(6)58(86)74-49(29-27-45-26-28-47(48(69)37-45)68(70,71)72)62(90)83-33-20-25-50(83)60(88)76-67(31-18-19-32-67)66(94)81(11)57(46-23-16-17-24-46)61(89)73-42(5)36-54(84)79(9)52(35-40(2)3)59(87)75-56/h40-53,56-57H,12-39H2,1-11H3,(H,73,89)(H,74,86)(H,75,87)(H,76,88)/t41-,42+,43+,45?,47?,48?,49-,50-,51-,52-,53-,56-,57-/m0/s1. The quantitative estimate of drug-likeness (QED) is 0.177. The maximum Gasteiger partial charge on any atom is 0.393 e. The Balaban J connectivity index is 1.23. The lowest BCUT2D eigenvalue weighted by Gasteiger charge is -2.44. The molecule has 7 rings (SSSR count). The lowest BCUT2D eigenvalue weighted by Crippen LogP contribution is -2.65. The van der Waals surface area contributed by atoms with Gasteiger partial charge in [0.05, 0.1) is 12.5 Å². The molecule has 1 spiro atoms. The van der Waals surface area contributed by atoms with Crippen LogP contribution >= 0.6 is 11.6 Å². The molecule has 3 saturated heterocycles. The van der Waals surface area contributed by atoms with Gasteiger partial charge in [-0.3, -0.25) is 52.7 Å². The van der Waals surface area contributed by atoms with Crippen molar-refractivity contribution in [2.45, 2.75) is 274 Å². The van der Waals surface area contributed by atoms with Crippen molar-refractivity contribution in [2.24, 2.45) is 35.5 Å². The number of halogens is 4. The van der Waals surface area contributed by atoms with Crippen LogP contribution in [0.25, 0.3) is 0 Å². The Morgan fingerprint density at radius 1 is 0.585 bits per heavy atom. The van der Waals surface area contributed by atoms with Crippen LogP contribution in [0.5, 0.6) is 0 Å². The van der Waals surface area contributed by atoms with Gasteiger partial charge in [-0.25, -0.2) is 0 Å². The molecule has 94 heavy (non-hydrogen) atoms. The molecule has 530 valence electrons. The van der Waals surface area contributed by atoms with E-state index in [4.69, 9.17) is 11.6 Å². The fourth-order valence-electron chi connectivity index (χ4n) is 15.9. The molecule has 0 aromatic carbocycles. The fourth-order valence-corrected chi connectivity index (χ4v) is 16.4. The minimum Gasteiger partial charge on any atom is -0.351 e. The predicted octanol–water partition coefficient (Wildman–Crippen LogP) is 6.29. The molecule has 3 unspecified atom stereocenters. The highest BCUT2D eigenvalue weighted by Crippen LogP contribution is 2.44. The molecule has 0 radical (unpaired) electrons. The van der Waals surface area contributed by atoms with Gasteiger partial charge in [0, 0.05) is 66.2 Å². The first-order chi connectivity index (χ1) is 44.3. The summed E-state index contributed by atoms with van der Waals surface area (Å²) in [4.78, 5) is 172. The Hall–Kier alpha value is -5.75. The van der Waals surface area contributed by atoms with Gasteiger partial charge in [0.2, 0.25) is 65.0 Å². The van der Waals surface area contributed by atoms with Gasteiger partial charge in [-0.05, 0) is 133 Å². The molecule has 0 aromatic rings. The number of likely N-dealkylation sites (N-methyl/N-ethyl adjacent to an activating group) is 5. The third kappa shape index (κ3) is 18.1. The normalized spacial score (nSPS) is 32.1. The van der Waals surface area contributed by atoms with E-state index < -0.39 is 155 Å². The van der Waals surface area contributed by atoms with Crippen molar-refractivity contribution in [3.63, 3.8) is 0 Å². The van der Waals surface area contributed by atoms with Gasteiger partial charge in [-0.15, -0.1) is 11.6 Å². The van der Waals surface area contributed by atoms with Gasteiger partial charge >= 0.3 is 6.18 Å². The fraction of sp³-hybridized carbons (Fsp3) is 0.838. The molecule has 22 nitrogen and oxygen atoms in total. The molecular weight excluding hydrogens is 1240 g/mol. The van der Waals surface area contributed by atoms with E-state index in [2.05, 4.69) is 21.3 Å². The molecule has 3 aliphatic heterocycles. The summed E-state index contributed by atoms with van der Waals surface area (Å²) in [6.45, 7) is 10.5. The number of nitrogens with one attached hydrogen (secondary N) is 4. The maximum atomic E-state index is 15.3. The van der Waals surface area contributed by atoms with Crippen molar-refractivity contribution in [1.82, 2.24) is 55.6 Å². The second kappa shape index (κ2) is 33.0. The lowest BCUT2D eigenvalue weighted by molar-refractivity contribution is -0.182. The van der Waals surface area contributed by atoms with E-state index in [0.29, 0.717) is 38.5 Å². The highest BCUT2D eigenvalue weighted by molar-refractivity contribution is 6.20. The van der Waals surface area contributed by atoms with Crippen LogP contribution < -0.4 is 21.3 Å². The predicted molar refractivity (Wildman–Crippen MR) is 348 cm³/mol. The Bertz CT molecular complexity index is 2730. The average molecular weight is 1350 g/mol. The summed E-state index contributed by atoms with van der Waals surface area (Å²) in [5.41, 5.74) is -1.46. The molecule has 13 atom stereocenters. The van der Waals surface area contributed by atoms with Crippen LogP contribution in [-0.2, 0) is 52.7 Å². The van der Waals surface area contributed by atoms with Crippen LogP contribution in [0.2, 0.25) is 0 Å². The summed E-state index contributed by atoms with van der Waals surface area (Å²) in [5, 5.41) is 10.7. The molecule has 0 aromatic heterocycles. The lowest BCUT2D eigenvalue weighted by atomic mass is 9.78. The SMILES string of the molecule is CC[C@H](C)[C@@H]1NC(=O)[C@H](CC(C)C)N(C)C(=O)C[C@@H](C)NC(=O)[C@H](C2CCCC2)N(C)C(=O)C2(CCCC2)NC(=O)[C@@H]2CCCN2C(=O)[C@H](CCC2CCC(C(F)(F)F)C(Cl)C2)NC(=O)[C@@H](C)N(C)C(=O)[C@H](CC2CCCCC2)N(C)C(=O)[C@@H]2CCN2C(=O)CN(C)C1=O. The first kappa shape index (κ1) is 75.6. The number of hydrogen-bond donors (Lipinski definition) is 4. The highest BCUT2D eigenvalue weighted by atomic mass is 35.5. The maximum absolute atomic E-state index is 15.3. The molecule has 3 heterocycles. The minimum absolute atomic E-state index is 0.0177. The zero-order chi connectivity index (χ0) is 69.3. The van der Waals surface area contributed by atoms with E-state index in [0.717, 1.165) is 44.9 Å². The number of carbonyl (C=O) groups excluding carboxylic acids is 11. The number of fused-ring (bicyclic) bond motifs is 2. The van der Waals surface area contributed by atoms with Gasteiger partial charge in [0.1, 0.15) is 53.9 Å². The molecule has 11 amide bonds. The first-order valence-corrected chi connectivity index (χ1v) is 35.6. The molecule has 4 saturated carbocycles. The zero-order valence-corrected chi connectivity index (χ0v) is 58.4. The summed E-state index contributed by atoms with van der Waals surface area (Å²) in [5.74, 6) is -8.89. The van der Waals surface area contributed by atoms with E-state index in [-0.39, 0.29) is 114 Å². The van der Waals surface area contributed by atoms with Crippen molar-refractivity contribution in [1.29, 1.82) is 0 Å². The minimum atomic E-state index is -4.49.